The van der Waals surface area contributed by atoms with E-state index in [4.69, 9.17) is 4.74 Å². The van der Waals surface area contributed by atoms with Crippen LogP contribution in [0.25, 0.3) is 9.75 Å². The summed E-state index contributed by atoms with van der Waals surface area (Å²) in [6, 6.07) is 0. The molecule has 0 radical (unpaired) electrons. The molecule has 0 unspecified atom stereocenters. The van der Waals surface area contributed by atoms with Crippen LogP contribution >= 0.6 is 22.7 Å². The number of aromatic carboxylic acids is 1. The topological polar surface area (TPSA) is 59.4 Å². The Morgan fingerprint density at radius 3 is 2.91 bits per heavy atom. The van der Waals surface area contributed by atoms with E-state index in [0.717, 1.165) is 40.3 Å². The van der Waals surface area contributed by atoms with Crippen molar-refractivity contribution < 1.29 is 14.6 Å². The fourth-order valence-electron chi connectivity index (χ4n) is 3.00. The Hall–Kier alpha value is -1.24. The van der Waals surface area contributed by atoms with Gasteiger partial charge in [0.2, 0.25) is 0 Å². The van der Waals surface area contributed by atoms with Gasteiger partial charge in [0, 0.05) is 12.0 Å². The van der Waals surface area contributed by atoms with E-state index in [1.165, 1.54) is 16.2 Å². The number of methoxy groups -OCH3 is 1. The van der Waals surface area contributed by atoms with Gasteiger partial charge in [0.15, 0.2) is 0 Å². The fraction of sp³-hybridized carbons (Fsp3) is 0.500. The van der Waals surface area contributed by atoms with E-state index in [1.807, 2.05) is 0 Å². The molecule has 0 spiro atoms. The van der Waals surface area contributed by atoms with Crippen LogP contribution in [0.1, 0.15) is 46.8 Å². The summed E-state index contributed by atoms with van der Waals surface area (Å²) in [4.78, 5) is 19.2. The molecule has 0 bridgehead atoms. The van der Waals surface area contributed by atoms with Gasteiger partial charge in [-0.05, 0) is 30.2 Å². The lowest BCUT2D eigenvalue weighted by Crippen LogP contribution is -2.22. The van der Waals surface area contributed by atoms with Gasteiger partial charge in [-0.3, -0.25) is 0 Å². The van der Waals surface area contributed by atoms with Crippen molar-refractivity contribution in [3.63, 3.8) is 0 Å². The molecule has 0 aromatic carbocycles. The minimum Gasteiger partial charge on any atom is -0.478 e. The van der Waals surface area contributed by atoms with Crippen LogP contribution in [0, 0.1) is 5.41 Å². The number of ether oxygens (including phenoxy) is 1. The van der Waals surface area contributed by atoms with Crippen molar-refractivity contribution in [2.75, 3.05) is 7.11 Å². The minimum atomic E-state index is -0.832. The maximum atomic E-state index is 11.9. The molecule has 2 aromatic heterocycles. The van der Waals surface area contributed by atoms with E-state index in [2.05, 4.69) is 18.8 Å². The van der Waals surface area contributed by atoms with Crippen LogP contribution < -0.4 is 0 Å². The summed E-state index contributed by atoms with van der Waals surface area (Å²) in [5.41, 5.74) is 4.26. The molecule has 0 fully saturated rings. The van der Waals surface area contributed by atoms with Gasteiger partial charge in [-0.15, -0.1) is 22.7 Å². The first-order valence-corrected chi connectivity index (χ1v) is 8.92. The quantitative estimate of drug-likeness (QED) is 0.907. The van der Waals surface area contributed by atoms with E-state index in [0.29, 0.717) is 12.2 Å². The number of fused-ring (bicyclic) bond motifs is 1. The zero-order valence-corrected chi connectivity index (χ0v) is 14.6. The smallest absolute Gasteiger partial charge is 0.337 e. The van der Waals surface area contributed by atoms with Crippen molar-refractivity contribution in [3.8, 4) is 9.75 Å². The van der Waals surface area contributed by atoms with E-state index < -0.39 is 5.97 Å². The molecular formula is C16H19NO3S2. The van der Waals surface area contributed by atoms with Gasteiger partial charge in [-0.25, -0.2) is 9.78 Å². The zero-order chi connectivity index (χ0) is 15.9. The molecule has 6 heteroatoms. The summed E-state index contributed by atoms with van der Waals surface area (Å²) in [5, 5.41) is 9.76. The van der Waals surface area contributed by atoms with Gasteiger partial charge < -0.3 is 9.84 Å². The van der Waals surface area contributed by atoms with Crippen LogP contribution in [0.15, 0.2) is 5.51 Å². The minimum absolute atomic E-state index is 0.165. The molecule has 2 aromatic rings. The van der Waals surface area contributed by atoms with Crippen molar-refractivity contribution in [2.24, 2.45) is 5.41 Å². The molecule has 0 saturated carbocycles. The molecule has 2 heterocycles. The van der Waals surface area contributed by atoms with Crippen LogP contribution in [-0.2, 0) is 24.2 Å². The lowest BCUT2D eigenvalue weighted by Gasteiger charge is -2.29. The highest BCUT2D eigenvalue weighted by Gasteiger charge is 2.33. The third-order valence-electron chi connectivity index (χ3n) is 4.12. The summed E-state index contributed by atoms with van der Waals surface area (Å²) >= 11 is 3.12. The Bertz CT molecular complexity index is 715. The molecule has 118 valence electrons. The number of hydrogen-bond acceptors (Lipinski definition) is 5. The fourth-order valence-corrected chi connectivity index (χ4v) is 5.28. The number of aryl methyl sites for hydroxylation is 1. The number of aromatic nitrogens is 1. The van der Waals surface area contributed by atoms with Crippen molar-refractivity contribution in [2.45, 2.75) is 39.7 Å². The third kappa shape index (κ3) is 2.71. The third-order valence-corrected chi connectivity index (χ3v) is 6.44. The van der Waals surface area contributed by atoms with Gasteiger partial charge in [-0.2, -0.15) is 0 Å². The predicted octanol–water partition coefficient (Wildman–Crippen LogP) is 4.23. The number of carboxylic acids is 1. The second-order valence-electron chi connectivity index (χ2n) is 6.42. The molecule has 0 saturated heterocycles. The largest absolute Gasteiger partial charge is 0.478 e. The molecule has 0 atom stereocenters. The zero-order valence-electron chi connectivity index (χ0n) is 12.9. The maximum absolute atomic E-state index is 11.9. The van der Waals surface area contributed by atoms with Crippen molar-refractivity contribution in [1.82, 2.24) is 4.98 Å². The summed E-state index contributed by atoms with van der Waals surface area (Å²) in [6.07, 6.45) is 2.90. The molecule has 1 aliphatic rings. The Labute approximate surface area is 137 Å². The average molecular weight is 337 g/mol. The highest BCUT2D eigenvalue weighted by atomic mass is 32.1. The number of thiazole rings is 1. The van der Waals surface area contributed by atoms with E-state index >= 15 is 0 Å². The van der Waals surface area contributed by atoms with E-state index in [9.17, 15) is 9.90 Å². The number of nitrogens with zero attached hydrogens (tertiary/aromatic N) is 1. The molecule has 3 rings (SSSR count). The Morgan fingerprint density at radius 1 is 1.45 bits per heavy atom. The van der Waals surface area contributed by atoms with Gasteiger partial charge in [0.05, 0.1) is 33.1 Å². The second-order valence-corrected chi connectivity index (χ2v) is 8.38. The summed E-state index contributed by atoms with van der Waals surface area (Å²) in [6.45, 7) is 4.83. The highest BCUT2D eigenvalue weighted by Crippen LogP contribution is 2.46. The SMILES string of the molecule is COCc1ncsc1-c1sc2c(c1C(=O)O)CC(C)(C)CC2. The average Bonchev–Trinajstić information content (AvgIpc) is 3.01. The van der Waals surface area contributed by atoms with Crippen LogP contribution in [0.3, 0.4) is 0 Å². The number of thiophene rings is 1. The summed E-state index contributed by atoms with van der Waals surface area (Å²) in [5.74, 6) is -0.832. The standard InChI is InChI=1S/C16H19NO3S2/c1-16(2)5-4-11-9(6-16)12(15(18)19)14(22-11)13-10(7-20-3)17-8-21-13/h8H,4-7H2,1-3H3,(H,18,19). The number of hydrogen-bond donors (Lipinski definition) is 1. The normalized spacial score (nSPS) is 16.5. The van der Waals surface area contributed by atoms with Crippen LogP contribution in [0.5, 0.6) is 0 Å². The summed E-state index contributed by atoms with van der Waals surface area (Å²) in [7, 11) is 1.63. The van der Waals surface area contributed by atoms with Gasteiger partial charge in [0.25, 0.3) is 0 Å². The predicted molar refractivity (Wildman–Crippen MR) is 88.9 cm³/mol. The molecule has 0 aliphatic heterocycles. The van der Waals surface area contributed by atoms with Gasteiger partial charge in [0.1, 0.15) is 0 Å². The Morgan fingerprint density at radius 2 is 2.23 bits per heavy atom. The highest BCUT2D eigenvalue weighted by molar-refractivity contribution is 7.21. The monoisotopic (exact) mass is 337 g/mol. The Balaban J connectivity index is 2.15. The van der Waals surface area contributed by atoms with Gasteiger partial charge >= 0.3 is 5.97 Å². The Kier molecular flexibility index (Phi) is 4.09. The lowest BCUT2D eigenvalue weighted by atomic mass is 9.76. The van der Waals surface area contributed by atoms with Crippen LogP contribution in [0.4, 0.5) is 0 Å². The van der Waals surface area contributed by atoms with E-state index in [1.54, 1.807) is 24.0 Å². The van der Waals surface area contributed by atoms with Crippen molar-refractivity contribution in [1.29, 1.82) is 0 Å². The second kappa shape index (κ2) is 5.76. The lowest BCUT2D eigenvalue weighted by molar-refractivity contribution is 0.0696. The summed E-state index contributed by atoms with van der Waals surface area (Å²) < 4.78 is 5.19. The van der Waals surface area contributed by atoms with Crippen LogP contribution in [0.2, 0.25) is 0 Å². The van der Waals surface area contributed by atoms with E-state index in [-0.39, 0.29) is 5.41 Å². The van der Waals surface area contributed by atoms with Crippen molar-refractivity contribution >= 4 is 28.6 Å². The first kappa shape index (κ1) is 15.6. The van der Waals surface area contributed by atoms with Crippen molar-refractivity contribution in [3.05, 3.63) is 27.2 Å². The number of carboxylic acid groups (broad SMARTS) is 1. The number of rotatable bonds is 4. The van der Waals surface area contributed by atoms with Gasteiger partial charge in [-0.1, -0.05) is 13.8 Å². The first-order valence-electron chi connectivity index (χ1n) is 7.22. The van der Waals surface area contributed by atoms with Crippen LogP contribution in [-0.4, -0.2) is 23.2 Å². The molecule has 0 amide bonds. The maximum Gasteiger partial charge on any atom is 0.337 e. The molecule has 4 nitrogen and oxygen atoms in total. The first-order chi connectivity index (χ1) is 10.4. The number of carbonyl (C=O) groups is 1. The molecular weight excluding hydrogens is 318 g/mol. The molecule has 22 heavy (non-hydrogen) atoms. The molecule has 1 aliphatic carbocycles. The molecule has 1 N–H and O–H groups in total.